The first kappa shape index (κ1) is 14.4. The van der Waals surface area contributed by atoms with E-state index in [2.05, 4.69) is 10.4 Å². The summed E-state index contributed by atoms with van der Waals surface area (Å²) >= 11 is 0.520. The van der Waals surface area contributed by atoms with Crippen LogP contribution in [0.4, 0.5) is 24.7 Å². The molecule has 0 fully saturated rings. The molecule has 0 atom stereocenters. The van der Waals surface area contributed by atoms with Crippen LogP contribution in [0.25, 0.3) is 5.52 Å². The number of rotatable bonds is 2. The number of hydrogen-bond donors (Lipinski definition) is 2. The molecule has 3 heterocycles. The Labute approximate surface area is 126 Å². The summed E-state index contributed by atoms with van der Waals surface area (Å²) in [7, 11) is 0. The van der Waals surface area contributed by atoms with Gasteiger partial charge in [-0.3, -0.25) is 4.79 Å². The number of nitrogens with two attached hydrogens (primary N) is 1. The lowest BCUT2D eigenvalue weighted by Crippen LogP contribution is -2.17. The summed E-state index contributed by atoms with van der Waals surface area (Å²) in [5.74, 6) is -0.494. The van der Waals surface area contributed by atoms with Gasteiger partial charge in [0.25, 0.3) is 5.91 Å². The van der Waals surface area contributed by atoms with Crippen molar-refractivity contribution in [1.29, 1.82) is 0 Å². The second-order valence-electron chi connectivity index (χ2n) is 4.43. The molecule has 0 radical (unpaired) electrons. The molecule has 9 heteroatoms. The largest absolute Gasteiger partial charge is 0.427 e. The topological polar surface area (TPSA) is 72.4 Å². The van der Waals surface area contributed by atoms with E-state index in [9.17, 15) is 18.0 Å². The second-order valence-corrected chi connectivity index (χ2v) is 5.34. The summed E-state index contributed by atoms with van der Waals surface area (Å²) < 4.78 is 39.7. The predicted molar refractivity (Wildman–Crippen MR) is 76.9 cm³/mol. The summed E-state index contributed by atoms with van der Waals surface area (Å²) in [6.07, 6.45) is -4.51. The lowest BCUT2D eigenvalue weighted by atomic mass is 10.3. The minimum absolute atomic E-state index is 0.0987. The van der Waals surface area contributed by atoms with Gasteiger partial charge in [-0.1, -0.05) is 0 Å². The number of carbonyl (C=O) groups is 1. The maximum atomic E-state index is 12.8. The van der Waals surface area contributed by atoms with Crippen LogP contribution >= 0.6 is 11.3 Å². The lowest BCUT2D eigenvalue weighted by molar-refractivity contribution is -0.133. The maximum Gasteiger partial charge on any atom is 0.427 e. The van der Waals surface area contributed by atoms with E-state index in [1.54, 1.807) is 18.2 Å². The molecule has 3 N–H and O–H groups in total. The molecule has 0 saturated carbocycles. The molecule has 0 saturated heterocycles. The number of hydrogen-bond acceptors (Lipinski definition) is 4. The fraction of sp³-hybridized carbons (Fsp3) is 0.0769. The van der Waals surface area contributed by atoms with E-state index < -0.39 is 17.0 Å². The van der Waals surface area contributed by atoms with Crippen LogP contribution in [0.5, 0.6) is 0 Å². The predicted octanol–water partition coefficient (Wildman–Crippen LogP) is 3.25. The third kappa shape index (κ3) is 2.50. The molecule has 0 unspecified atom stereocenters. The van der Waals surface area contributed by atoms with Gasteiger partial charge in [0, 0.05) is 0 Å². The lowest BCUT2D eigenvalue weighted by Gasteiger charge is -2.09. The van der Waals surface area contributed by atoms with Gasteiger partial charge in [0.2, 0.25) is 0 Å². The monoisotopic (exact) mass is 326 g/mol. The highest BCUT2D eigenvalue weighted by Gasteiger charge is 2.35. The highest BCUT2D eigenvalue weighted by Crippen LogP contribution is 2.38. The van der Waals surface area contributed by atoms with E-state index in [1.165, 1.54) is 22.0 Å². The smallest absolute Gasteiger partial charge is 0.382 e. The van der Waals surface area contributed by atoms with Crippen molar-refractivity contribution >= 4 is 34.3 Å². The molecule has 3 aromatic heterocycles. The van der Waals surface area contributed by atoms with Crippen LogP contribution in [0.2, 0.25) is 0 Å². The summed E-state index contributed by atoms with van der Waals surface area (Å²) in [5, 5.41) is 7.50. The quantitative estimate of drug-likeness (QED) is 0.759. The Balaban J connectivity index is 1.95. The second kappa shape index (κ2) is 5.02. The summed E-state index contributed by atoms with van der Waals surface area (Å²) in [5.41, 5.74) is 5.99. The number of nitrogens with one attached hydrogen (secondary N) is 1. The molecule has 0 spiro atoms. The Morgan fingerprint density at radius 2 is 1.95 bits per heavy atom. The number of alkyl halides is 3. The van der Waals surface area contributed by atoms with Crippen molar-refractivity contribution in [3.63, 3.8) is 0 Å². The summed E-state index contributed by atoms with van der Waals surface area (Å²) in [4.78, 5) is 11.3. The summed E-state index contributed by atoms with van der Waals surface area (Å²) in [6.45, 7) is 0. The van der Waals surface area contributed by atoms with Gasteiger partial charge < -0.3 is 11.1 Å². The van der Waals surface area contributed by atoms with Gasteiger partial charge in [-0.25, -0.2) is 4.52 Å². The van der Waals surface area contributed by atoms with Crippen LogP contribution in [0.1, 0.15) is 15.4 Å². The molecule has 0 aliphatic carbocycles. The molecular weight excluding hydrogens is 317 g/mol. The molecule has 0 aromatic carbocycles. The molecule has 5 nitrogen and oxygen atoms in total. The third-order valence-electron chi connectivity index (χ3n) is 2.93. The Hall–Kier alpha value is -2.55. The Kier molecular flexibility index (Phi) is 3.28. The minimum atomic E-state index is -4.51. The van der Waals surface area contributed by atoms with E-state index in [-0.39, 0.29) is 17.2 Å². The van der Waals surface area contributed by atoms with Gasteiger partial charge in [0.1, 0.15) is 16.4 Å². The highest BCUT2D eigenvalue weighted by molar-refractivity contribution is 7.10. The first-order valence-electron chi connectivity index (χ1n) is 6.06. The number of nitrogen functional groups attached to an aromatic ring is 1. The standard InChI is InChI=1S/C13H9F3N4OS/c14-13(15,16)11-8(5-6-22-11)18-12(21)9-3-1-7-2-4-10(17)19-20(7)9/h1-6H,(H2,17,19)(H,18,21). The zero-order chi connectivity index (χ0) is 15.9. The molecule has 0 aliphatic heterocycles. The molecule has 22 heavy (non-hydrogen) atoms. The number of carbonyl (C=O) groups excluding carboxylic acids is 1. The fourth-order valence-electron chi connectivity index (χ4n) is 1.99. The molecule has 3 rings (SSSR count). The first-order chi connectivity index (χ1) is 10.4. The van der Waals surface area contributed by atoms with Crippen LogP contribution in [0.3, 0.4) is 0 Å². The number of halogens is 3. The molecule has 1 amide bonds. The van der Waals surface area contributed by atoms with Crippen LogP contribution in [-0.2, 0) is 6.18 Å². The van der Waals surface area contributed by atoms with Crippen molar-refractivity contribution in [2.24, 2.45) is 0 Å². The number of thiophene rings is 1. The fourth-order valence-corrected chi connectivity index (χ4v) is 2.71. The average molecular weight is 326 g/mol. The molecule has 114 valence electrons. The number of aromatic nitrogens is 2. The van der Waals surface area contributed by atoms with Gasteiger partial charge in [0.05, 0.1) is 11.2 Å². The molecule has 0 aliphatic rings. The van der Waals surface area contributed by atoms with Crippen LogP contribution in [0, 0.1) is 0 Å². The van der Waals surface area contributed by atoms with Crippen molar-refractivity contribution < 1.29 is 18.0 Å². The SMILES string of the molecule is Nc1ccc2ccc(C(=O)Nc3ccsc3C(F)(F)F)n2n1. The molecule has 0 bridgehead atoms. The average Bonchev–Trinajstić information content (AvgIpc) is 3.03. The third-order valence-corrected chi connectivity index (χ3v) is 3.89. The Bertz CT molecular complexity index is 852. The van der Waals surface area contributed by atoms with Crippen LogP contribution in [0.15, 0.2) is 35.7 Å². The van der Waals surface area contributed by atoms with Crippen molar-refractivity contribution in [3.05, 3.63) is 46.3 Å². The van der Waals surface area contributed by atoms with E-state index in [0.29, 0.717) is 16.9 Å². The maximum absolute atomic E-state index is 12.8. The zero-order valence-electron chi connectivity index (χ0n) is 10.9. The molecular formula is C13H9F3N4OS. The van der Waals surface area contributed by atoms with E-state index in [4.69, 9.17) is 5.73 Å². The highest BCUT2D eigenvalue weighted by atomic mass is 32.1. The number of amides is 1. The minimum Gasteiger partial charge on any atom is -0.382 e. The van der Waals surface area contributed by atoms with Gasteiger partial charge >= 0.3 is 6.18 Å². The van der Waals surface area contributed by atoms with Gasteiger partial charge in [-0.2, -0.15) is 18.3 Å². The van der Waals surface area contributed by atoms with E-state index in [1.807, 2.05) is 0 Å². The number of fused-ring (bicyclic) bond motifs is 1. The van der Waals surface area contributed by atoms with Crippen molar-refractivity contribution in [2.45, 2.75) is 6.18 Å². The van der Waals surface area contributed by atoms with Gasteiger partial charge in [0.15, 0.2) is 0 Å². The Morgan fingerprint density at radius 3 is 2.68 bits per heavy atom. The van der Waals surface area contributed by atoms with Crippen molar-refractivity contribution in [3.8, 4) is 0 Å². The number of anilines is 2. The number of nitrogens with zero attached hydrogens (tertiary/aromatic N) is 2. The summed E-state index contributed by atoms with van der Waals surface area (Å²) in [6, 6.07) is 7.53. The molecule has 3 aromatic rings. The van der Waals surface area contributed by atoms with Crippen molar-refractivity contribution in [2.75, 3.05) is 11.1 Å². The Morgan fingerprint density at radius 1 is 1.23 bits per heavy atom. The van der Waals surface area contributed by atoms with E-state index >= 15 is 0 Å². The van der Waals surface area contributed by atoms with Crippen LogP contribution in [-0.4, -0.2) is 15.5 Å². The van der Waals surface area contributed by atoms with Gasteiger partial charge in [-0.15, -0.1) is 11.3 Å². The van der Waals surface area contributed by atoms with Crippen LogP contribution < -0.4 is 11.1 Å². The van der Waals surface area contributed by atoms with Crippen molar-refractivity contribution in [1.82, 2.24) is 9.61 Å². The van der Waals surface area contributed by atoms with E-state index in [0.717, 1.165) is 0 Å². The normalized spacial score (nSPS) is 11.8. The zero-order valence-corrected chi connectivity index (χ0v) is 11.7. The first-order valence-corrected chi connectivity index (χ1v) is 6.94. The van der Waals surface area contributed by atoms with Gasteiger partial charge in [-0.05, 0) is 35.7 Å².